The number of benzene rings is 1. The number of anilines is 1. The molecule has 0 spiro atoms. The number of halogens is 1. The van der Waals surface area contributed by atoms with Gasteiger partial charge in [0.15, 0.2) is 0 Å². The van der Waals surface area contributed by atoms with Crippen molar-refractivity contribution in [2.24, 2.45) is 0 Å². The van der Waals surface area contributed by atoms with Gasteiger partial charge in [-0.25, -0.2) is 14.2 Å². The summed E-state index contributed by atoms with van der Waals surface area (Å²) in [6, 6.07) is 7.31. The van der Waals surface area contributed by atoms with Crippen LogP contribution in [0.5, 0.6) is 0 Å². The smallest absolute Gasteiger partial charge is 0.335 e. The third-order valence-electron chi connectivity index (χ3n) is 4.09. The summed E-state index contributed by atoms with van der Waals surface area (Å²) in [5.74, 6) is -2.02. The van der Waals surface area contributed by atoms with E-state index in [0.29, 0.717) is 23.4 Å². The minimum atomic E-state index is -1.08. The number of hydrogen-bond donors (Lipinski definition) is 2. The molecule has 0 aliphatic rings. The molecule has 2 heterocycles. The molecular formula is C19H18FN3O3. The molecule has 0 fully saturated rings. The topological polar surface area (TPSA) is 83.7 Å². The highest BCUT2D eigenvalue weighted by Gasteiger charge is 2.20. The Morgan fingerprint density at radius 3 is 2.73 bits per heavy atom. The number of pyridine rings is 1. The quantitative estimate of drug-likeness (QED) is 0.731. The van der Waals surface area contributed by atoms with E-state index in [1.54, 1.807) is 13.0 Å². The SMILES string of the molecule is CCCc1nc2ccc(F)cn2c1C(=O)Nc1cc(C(=O)O)ccc1C. The molecule has 6 nitrogen and oxygen atoms in total. The third-order valence-corrected chi connectivity index (χ3v) is 4.09. The molecule has 7 heteroatoms. The molecule has 3 aromatic rings. The van der Waals surface area contributed by atoms with E-state index in [1.807, 2.05) is 6.92 Å². The van der Waals surface area contributed by atoms with Gasteiger partial charge in [-0.3, -0.25) is 9.20 Å². The van der Waals surface area contributed by atoms with Crippen LogP contribution in [0.15, 0.2) is 36.5 Å². The van der Waals surface area contributed by atoms with Gasteiger partial charge >= 0.3 is 5.97 Å². The molecule has 0 aliphatic carbocycles. The number of nitrogens with one attached hydrogen (secondary N) is 1. The lowest BCUT2D eigenvalue weighted by molar-refractivity contribution is 0.0696. The molecule has 0 atom stereocenters. The predicted molar refractivity (Wildman–Crippen MR) is 95.2 cm³/mol. The monoisotopic (exact) mass is 355 g/mol. The van der Waals surface area contributed by atoms with Gasteiger partial charge in [0, 0.05) is 11.9 Å². The second kappa shape index (κ2) is 6.95. The largest absolute Gasteiger partial charge is 0.478 e. The number of imidazole rings is 1. The van der Waals surface area contributed by atoms with Gasteiger partial charge in [0.1, 0.15) is 17.2 Å². The van der Waals surface area contributed by atoms with Crippen molar-refractivity contribution >= 4 is 23.2 Å². The first-order valence-electron chi connectivity index (χ1n) is 8.22. The number of hydrogen-bond acceptors (Lipinski definition) is 3. The summed E-state index contributed by atoms with van der Waals surface area (Å²) in [6.45, 7) is 3.73. The van der Waals surface area contributed by atoms with Crippen molar-refractivity contribution in [3.63, 3.8) is 0 Å². The fraction of sp³-hybridized carbons (Fsp3) is 0.211. The lowest BCUT2D eigenvalue weighted by atomic mass is 10.1. The van der Waals surface area contributed by atoms with Gasteiger partial charge in [0.05, 0.1) is 11.3 Å². The maximum Gasteiger partial charge on any atom is 0.335 e. The number of amides is 1. The van der Waals surface area contributed by atoms with Gasteiger partial charge in [-0.1, -0.05) is 19.4 Å². The summed E-state index contributed by atoms with van der Waals surface area (Å²) in [5, 5.41) is 11.9. The van der Waals surface area contributed by atoms with E-state index in [-0.39, 0.29) is 11.3 Å². The van der Waals surface area contributed by atoms with Crippen LogP contribution in [-0.2, 0) is 6.42 Å². The van der Waals surface area contributed by atoms with Crippen LogP contribution in [0.2, 0.25) is 0 Å². The maximum absolute atomic E-state index is 13.7. The highest BCUT2D eigenvalue weighted by molar-refractivity contribution is 6.05. The van der Waals surface area contributed by atoms with Crippen LogP contribution < -0.4 is 5.32 Å². The van der Waals surface area contributed by atoms with E-state index in [1.165, 1.54) is 34.9 Å². The van der Waals surface area contributed by atoms with Gasteiger partial charge in [-0.05, 0) is 43.2 Å². The number of nitrogens with zero attached hydrogens (tertiary/aromatic N) is 2. The lowest BCUT2D eigenvalue weighted by Gasteiger charge is -2.10. The maximum atomic E-state index is 13.7. The van der Waals surface area contributed by atoms with E-state index >= 15 is 0 Å². The highest BCUT2D eigenvalue weighted by Crippen LogP contribution is 2.21. The van der Waals surface area contributed by atoms with E-state index in [4.69, 9.17) is 5.11 Å². The molecule has 2 N–H and O–H groups in total. The first-order valence-corrected chi connectivity index (χ1v) is 8.22. The van der Waals surface area contributed by atoms with Crippen molar-refractivity contribution in [3.05, 3.63) is 64.9 Å². The van der Waals surface area contributed by atoms with Crippen LogP contribution in [0.3, 0.4) is 0 Å². The average Bonchev–Trinajstić information content (AvgIpc) is 2.94. The highest BCUT2D eigenvalue weighted by atomic mass is 19.1. The van der Waals surface area contributed by atoms with Gasteiger partial charge in [0.25, 0.3) is 5.91 Å². The van der Waals surface area contributed by atoms with E-state index < -0.39 is 17.7 Å². The molecule has 0 saturated carbocycles. The molecule has 0 radical (unpaired) electrons. The molecule has 134 valence electrons. The average molecular weight is 355 g/mol. The number of aromatic nitrogens is 2. The molecule has 3 rings (SSSR count). The van der Waals surface area contributed by atoms with Crippen molar-refractivity contribution in [3.8, 4) is 0 Å². The minimum Gasteiger partial charge on any atom is -0.478 e. The van der Waals surface area contributed by atoms with Gasteiger partial charge in [0.2, 0.25) is 0 Å². The zero-order valence-electron chi connectivity index (χ0n) is 14.4. The summed E-state index contributed by atoms with van der Waals surface area (Å²) in [5.41, 5.74) is 2.49. The number of carbonyl (C=O) groups is 2. The van der Waals surface area contributed by atoms with Gasteiger partial charge in [-0.15, -0.1) is 0 Å². The summed E-state index contributed by atoms with van der Waals surface area (Å²) in [7, 11) is 0. The Labute approximate surface area is 149 Å². The van der Waals surface area contributed by atoms with Crippen LogP contribution in [-0.4, -0.2) is 26.4 Å². The van der Waals surface area contributed by atoms with Crippen LogP contribution in [0.4, 0.5) is 10.1 Å². The Bertz CT molecular complexity index is 1010. The molecule has 1 amide bonds. The number of fused-ring (bicyclic) bond motifs is 1. The third kappa shape index (κ3) is 3.28. The molecule has 0 bridgehead atoms. The number of aryl methyl sites for hydroxylation is 2. The van der Waals surface area contributed by atoms with E-state index in [9.17, 15) is 14.0 Å². The predicted octanol–water partition coefficient (Wildman–Crippen LogP) is 3.68. The Morgan fingerprint density at radius 2 is 2.04 bits per heavy atom. The molecular weight excluding hydrogens is 337 g/mol. The van der Waals surface area contributed by atoms with E-state index in [0.717, 1.165) is 12.0 Å². The zero-order valence-corrected chi connectivity index (χ0v) is 14.4. The normalized spacial score (nSPS) is 10.9. The Kier molecular flexibility index (Phi) is 4.71. The van der Waals surface area contributed by atoms with Crippen molar-refractivity contribution < 1.29 is 19.1 Å². The molecule has 0 unspecified atom stereocenters. The molecule has 1 aromatic carbocycles. The van der Waals surface area contributed by atoms with Crippen molar-refractivity contribution in [2.75, 3.05) is 5.32 Å². The van der Waals surface area contributed by atoms with Gasteiger partial charge in [-0.2, -0.15) is 0 Å². The first kappa shape index (κ1) is 17.6. The van der Waals surface area contributed by atoms with Crippen molar-refractivity contribution in [2.45, 2.75) is 26.7 Å². The van der Waals surface area contributed by atoms with Crippen LogP contribution >= 0.6 is 0 Å². The molecule has 0 saturated heterocycles. The Morgan fingerprint density at radius 1 is 1.27 bits per heavy atom. The number of carboxylic acid groups (broad SMARTS) is 1. The second-order valence-electron chi connectivity index (χ2n) is 6.02. The fourth-order valence-electron chi connectivity index (χ4n) is 2.79. The van der Waals surface area contributed by atoms with Crippen molar-refractivity contribution in [1.29, 1.82) is 0 Å². The van der Waals surface area contributed by atoms with E-state index in [2.05, 4.69) is 10.3 Å². The molecule has 2 aromatic heterocycles. The Balaban J connectivity index is 2.05. The van der Waals surface area contributed by atoms with Crippen LogP contribution in [0, 0.1) is 12.7 Å². The first-order chi connectivity index (χ1) is 12.4. The lowest BCUT2D eigenvalue weighted by Crippen LogP contribution is -2.17. The number of carbonyl (C=O) groups excluding carboxylic acids is 1. The van der Waals surface area contributed by atoms with Crippen LogP contribution in [0.25, 0.3) is 5.65 Å². The summed E-state index contributed by atoms with van der Waals surface area (Å²) < 4.78 is 15.1. The number of carboxylic acids is 1. The standard InChI is InChI=1S/C19H18FN3O3/c1-3-4-14-17(23-10-13(20)7-8-16(23)21-14)18(24)22-15-9-12(19(25)26)6-5-11(15)2/h5-10H,3-4H2,1-2H3,(H,22,24)(H,25,26). The summed E-state index contributed by atoms with van der Waals surface area (Å²) >= 11 is 0. The Hall–Kier alpha value is -3.22. The second-order valence-corrected chi connectivity index (χ2v) is 6.02. The van der Waals surface area contributed by atoms with Gasteiger partial charge < -0.3 is 10.4 Å². The summed E-state index contributed by atoms with van der Waals surface area (Å²) in [4.78, 5) is 28.5. The zero-order chi connectivity index (χ0) is 18.8. The van der Waals surface area contributed by atoms with Crippen molar-refractivity contribution in [1.82, 2.24) is 9.38 Å². The molecule has 26 heavy (non-hydrogen) atoms. The van der Waals surface area contributed by atoms with Crippen LogP contribution in [0.1, 0.15) is 45.4 Å². The molecule has 0 aliphatic heterocycles. The summed E-state index contributed by atoms with van der Waals surface area (Å²) in [6.07, 6.45) is 2.57. The number of rotatable bonds is 5. The minimum absolute atomic E-state index is 0.0730. The fourth-order valence-corrected chi connectivity index (χ4v) is 2.79. The number of aromatic carboxylic acids is 1.